The Morgan fingerprint density at radius 1 is 1.26 bits per heavy atom. The fraction of sp³-hybridized carbons (Fsp3) is 0.474. The summed E-state index contributed by atoms with van der Waals surface area (Å²) in [6.07, 6.45) is 4.61. The number of carbonyl (C=O) groups is 1. The van der Waals surface area contributed by atoms with E-state index in [0.29, 0.717) is 12.0 Å². The molecule has 1 N–H and O–H groups in total. The topological polar surface area (TPSA) is 45.2 Å². The fourth-order valence-corrected chi connectivity index (χ4v) is 3.53. The van der Waals surface area contributed by atoms with Crippen molar-refractivity contribution < 1.29 is 4.79 Å². The van der Waals surface area contributed by atoms with E-state index in [1.807, 2.05) is 42.3 Å². The van der Waals surface area contributed by atoms with E-state index in [-0.39, 0.29) is 5.91 Å². The third-order valence-corrected chi connectivity index (χ3v) is 5.08. The lowest BCUT2D eigenvalue weighted by Gasteiger charge is -2.33. The predicted molar refractivity (Wildman–Crippen MR) is 91.7 cm³/mol. The van der Waals surface area contributed by atoms with Crippen molar-refractivity contribution in [1.82, 2.24) is 15.2 Å². The first kappa shape index (κ1) is 14.6. The molecule has 4 rings (SSSR count). The number of likely N-dealkylation sites (N-methyl/N-ethyl adjacent to an activating group) is 1. The summed E-state index contributed by atoms with van der Waals surface area (Å²) in [5, 5.41) is 4.29. The van der Waals surface area contributed by atoms with E-state index < -0.39 is 0 Å². The number of fused-ring (bicyclic) bond motifs is 1. The number of nitrogens with one attached hydrogen (secondary N) is 1. The molecule has 1 saturated heterocycles. The van der Waals surface area contributed by atoms with Gasteiger partial charge in [-0.25, -0.2) is 0 Å². The molecule has 1 atom stereocenters. The zero-order valence-corrected chi connectivity index (χ0v) is 13.6. The van der Waals surface area contributed by atoms with Gasteiger partial charge >= 0.3 is 0 Å². The number of piperidine rings is 1. The van der Waals surface area contributed by atoms with Gasteiger partial charge in [-0.1, -0.05) is 18.2 Å². The van der Waals surface area contributed by atoms with Crippen molar-refractivity contribution in [3.8, 4) is 0 Å². The van der Waals surface area contributed by atoms with Gasteiger partial charge in [0.25, 0.3) is 5.91 Å². The van der Waals surface area contributed by atoms with Crippen molar-refractivity contribution in [2.45, 2.75) is 37.6 Å². The summed E-state index contributed by atoms with van der Waals surface area (Å²) in [6, 6.07) is 10.5. The van der Waals surface area contributed by atoms with Crippen LogP contribution in [0.15, 0.2) is 30.3 Å². The van der Waals surface area contributed by atoms with Crippen LogP contribution in [0.3, 0.4) is 0 Å². The molecule has 2 heterocycles. The number of carbonyl (C=O) groups excluding carboxylic acids is 1. The van der Waals surface area contributed by atoms with Crippen LogP contribution in [0.4, 0.5) is 0 Å². The van der Waals surface area contributed by atoms with E-state index in [4.69, 9.17) is 4.98 Å². The van der Waals surface area contributed by atoms with Crippen LogP contribution in [0.2, 0.25) is 0 Å². The average Bonchev–Trinajstić information content (AvgIpc) is 3.45. The lowest BCUT2D eigenvalue weighted by molar-refractivity contribution is 0.0700. The standard InChI is InChI=1S/C19H23N3O/c1-20-14-5-4-10-22(12-14)19(23)16-11-18(13-8-9-13)21-17-7-3-2-6-15(16)17/h2-3,6-7,11,13-14,20H,4-5,8-10,12H2,1H3. The van der Waals surface area contributed by atoms with Gasteiger partial charge in [-0.3, -0.25) is 9.78 Å². The molecule has 2 fully saturated rings. The van der Waals surface area contributed by atoms with Crippen LogP contribution in [0, 0.1) is 0 Å². The van der Waals surface area contributed by atoms with E-state index in [2.05, 4.69) is 5.32 Å². The first-order chi connectivity index (χ1) is 11.3. The van der Waals surface area contributed by atoms with Gasteiger partial charge < -0.3 is 10.2 Å². The maximum atomic E-state index is 13.1. The molecule has 4 heteroatoms. The van der Waals surface area contributed by atoms with E-state index in [0.717, 1.165) is 48.1 Å². The van der Waals surface area contributed by atoms with Gasteiger partial charge in [0.15, 0.2) is 0 Å². The second kappa shape index (κ2) is 5.93. The number of pyridine rings is 1. The maximum Gasteiger partial charge on any atom is 0.254 e. The van der Waals surface area contributed by atoms with Gasteiger partial charge in [-0.2, -0.15) is 0 Å². The average molecular weight is 309 g/mol. The normalized spacial score (nSPS) is 21.6. The Bertz CT molecular complexity index is 738. The SMILES string of the molecule is CNC1CCCN(C(=O)c2cc(C3CC3)nc3ccccc23)C1. The van der Waals surface area contributed by atoms with Gasteiger partial charge in [0.05, 0.1) is 11.1 Å². The molecule has 1 aliphatic heterocycles. The Hall–Kier alpha value is -1.94. The van der Waals surface area contributed by atoms with E-state index in [9.17, 15) is 4.79 Å². The molecule has 23 heavy (non-hydrogen) atoms. The van der Waals surface area contributed by atoms with Crippen LogP contribution in [0.5, 0.6) is 0 Å². The number of hydrogen-bond acceptors (Lipinski definition) is 3. The maximum absolute atomic E-state index is 13.1. The number of rotatable bonds is 3. The molecule has 1 unspecified atom stereocenters. The molecule has 1 amide bonds. The summed E-state index contributed by atoms with van der Waals surface area (Å²) in [5.74, 6) is 0.711. The van der Waals surface area contributed by atoms with E-state index in [1.54, 1.807) is 0 Å². The van der Waals surface area contributed by atoms with Crippen LogP contribution in [0.25, 0.3) is 10.9 Å². The van der Waals surface area contributed by atoms with Gasteiger partial charge in [0, 0.05) is 36.1 Å². The van der Waals surface area contributed by atoms with Crippen molar-refractivity contribution in [2.24, 2.45) is 0 Å². The first-order valence-corrected chi connectivity index (χ1v) is 8.62. The van der Waals surface area contributed by atoms with Gasteiger partial charge in [0.1, 0.15) is 0 Å². The third-order valence-electron chi connectivity index (χ3n) is 5.08. The van der Waals surface area contributed by atoms with Crippen LogP contribution < -0.4 is 5.32 Å². The molecule has 2 aromatic rings. The number of likely N-dealkylation sites (tertiary alicyclic amines) is 1. The van der Waals surface area contributed by atoms with Gasteiger partial charge in [-0.05, 0) is 44.9 Å². The van der Waals surface area contributed by atoms with Crippen molar-refractivity contribution in [2.75, 3.05) is 20.1 Å². The van der Waals surface area contributed by atoms with Crippen molar-refractivity contribution in [1.29, 1.82) is 0 Å². The molecular weight excluding hydrogens is 286 g/mol. The number of amides is 1. The number of aromatic nitrogens is 1. The highest BCUT2D eigenvalue weighted by Crippen LogP contribution is 2.40. The summed E-state index contributed by atoms with van der Waals surface area (Å²) in [5.41, 5.74) is 2.87. The van der Waals surface area contributed by atoms with E-state index in [1.165, 1.54) is 12.8 Å². The number of nitrogens with zero attached hydrogens (tertiary/aromatic N) is 2. The Morgan fingerprint density at radius 3 is 2.87 bits per heavy atom. The summed E-state index contributed by atoms with van der Waals surface area (Å²) < 4.78 is 0. The molecule has 1 aromatic heterocycles. The molecule has 120 valence electrons. The van der Waals surface area contributed by atoms with Crippen molar-refractivity contribution >= 4 is 16.8 Å². The first-order valence-electron chi connectivity index (χ1n) is 8.62. The zero-order chi connectivity index (χ0) is 15.8. The van der Waals surface area contributed by atoms with Crippen LogP contribution >= 0.6 is 0 Å². The van der Waals surface area contributed by atoms with Crippen LogP contribution in [-0.4, -0.2) is 42.0 Å². The molecule has 2 aliphatic rings. The highest BCUT2D eigenvalue weighted by molar-refractivity contribution is 6.06. The van der Waals surface area contributed by atoms with Crippen LogP contribution in [0.1, 0.15) is 47.7 Å². The second-order valence-corrected chi connectivity index (χ2v) is 6.77. The number of para-hydroxylation sites is 1. The van der Waals surface area contributed by atoms with Gasteiger partial charge in [-0.15, -0.1) is 0 Å². The number of hydrogen-bond donors (Lipinski definition) is 1. The predicted octanol–water partition coefficient (Wildman–Crippen LogP) is 2.94. The minimum Gasteiger partial charge on any atom is -0.337 e. The molecule has 4 nitrogen and oxygen atoms in total. The monoisotopic (exact) mass is 309 g/mol. The summed E-state index contributed by atoms with van der Waals surface area (Å²) in [4.78, 5) is 19.9. The quantitative estimate of drug-likeness (QED) is 0.948. The zero-order valence-electron chi connectivity index (χ0n) is 13.6. The minimum atomic E-state index is 0.158. The molecule has 1 aromatic carbocycles. The molecule has 0 spiro atoms. The van der Waals surface area contributed by atoms with E-state index >= 15 is 0 Å². The Balaban J connectivity index is 1.73. The molecule has 0 radical (unpaired) electrons. The largest absolute Gasteiger partial charge is 0.337 e. The highest BCUT2D eigenvalue weighted by atomic mass is 16.2. The molecule has 0 bridgehead atoms. The Morgan fingerprint density at radius 2 is 2.09 bits per heavy atom. The second-order valence-electron chi connectivity index (χ2n) is 6.77. The minimum absolute atomic E-state index is 0.158. The molecular formula is C19H23N3O. The lowest BCUT2D eigenvalue weighted by atomic mass is 10.0. The van der Waals surface area contributed by atoms with Crippen molar-refractivity contribution in [3.63, 3.8) is 0 Å². The summed E-state index contributed by atoms with van der Waals surface area (Å²) >= 11 is 0. The van der Waals surface area contributed by atoms with Crippen LogP contribution in [-0.2, 0) is 0 Å². The Labute approximate surface area is 136 Å². The highest BCUT2D eigenvalue weighted by Gasteiger charge is 2.29. The molecule has 1 saturated carbocycles. The third kappa shape index (κ3) is 2.83. The fourth-order valence-electron chi connectivity index (χ4n) is 3.53. The summed E-state index contributed by atoms with van der Waals surface area (Å²) in [7, 11) is 1.98. The Kier molecular flexibility index (Phi) is 3.77. The van der Waals surface area contributed by atoms with Crippen molar-refractivity contribution in [3.05, 3.63) is 41.6 Å². The smallest absolute Gasteiger partial charge is 0.254 e. The molecule has 1 aliphatic carbocycles. The van der Waals surface area contributed by atoms with Gasteiger partial charge in [0.2, 0.25) is 0 Å². The number of benzene rings is 1. The summed E-state index contributed by atoms with van der Waals surface area (Å²) in [6.45, 7) is 1.65. The lowest BCUT2D eigenvalue weighted by Crippen LogP contribution is -2.47.